The van der Waals surface area contributed by atoms with Gasteiger partial charge >= 0.3 is 12.3 Å². The average Bonchev–Trinajstić information content (AvgIpc) is 3.54. The third-order valence-corrected chi connectivity index (χ3v) is 6.06. The molecule has 0 fully saturated rings. The predicted molar refractivity (Wildman–Crippen MR) is 148 cm³/mol. The Labute approximate surface area is 252 Å². The van der Waals surface area contributed by atoms with E-state index in [0.29, 0.717) is 0 Å². The van der Waals surface area contributed by atoms with Crippen LogP contribution < -0.4 is 27.0 Å². The molecule has 44 heavy (non-hydrogen) atoms. The molecule has 0 unspecified atom stereocenters. The van der Waals surface area contributed by atoms with Crippen molar-refractivity contribution < 1.29 is 37.1 Å². The second-order valence-electron chi connectivity index (χ2n) is 8.87. The fourth-order valence-corrected chi connectivity index (χ4v) is 4.04. The molecule has 0 aliphatic carbocycles. The van der Waals surface area contributed by atoms with Crippen LogP contribution in [0.3, 0.4) is 0 Å². The van der Waals surface area contributed by atoms with Crippen LogP contribution in [0.15, 0.2) is 30.6 Å². The summed E-state index contributed by atoms with van der Waals surface area (Å²) >= 11 is 6.24. The predicted octanol–water partition coefficient (Wildman–Crippen LogP) is 1.26. The summed E-state index contributed by atoms with van der Waals surface area (Å²) in [6.45, 7) is -0.0210. The Morgan fingerprint density at radius 3 is 2.55 bits per heavy atom. The van der Waals surface area contributed by atoms with Gasteiger partial charge in [0.15, 0.2) is 11.5 Å². The first-order valence-corrected chi connectivity index (χ1v) is 13.0. The zero-order chi connectivity index (χ0) is 32.4. The lowest BCUT2D eigenvalue weighted by molar-refractivity contribution is -0.141. The zero-order valence-electron chi connectivity index (χ0n) is 23.0. The number of hydrogen-bond acceptors (Lipinski definition) is 9. The lowest BCUT2D eigenvalue weighted by atomic mass is 10.2. The molecule has 15 nitrogen and oxygen atoms in total. The van der Waals surface area contributed by atoms with E-state index in [2.05, 4.69) is 36.1 Å². The highest BCUT2D eigenvalue weighted by atomic mass is 35.5. The van der Waals surface area contributed by atoms with Crippen LogP contribution in [0, 0.1) is 11.3 Å². The fourth-order valence-electron chi connectivity index (χ4n) is 3.77. The summed E-state index contributed by atoms with van der Waals surface area (Å²) in [6, 6.07) is 5.80. The summed E-state index contributed by atoms with van der Waals surface area (Å²) in [5.74, 6) is -1.86. The highest BCUT2D eigenvalue weighted by molar-refractivity contribution is 6.34. The minimum atomic E-state index is -4.81. The Hall–Kier alpha value is -5.15. The van der Waals surface area contributed by atoms with Gasteiger partial charge in [-0.1, -0.05) is 11.6 Å². The number of imidazole rings is 1. The molecule has 2 heterocycles. The fraction of sp³-hybridized carbons (Fsp3) is 0.320. The van der Waals surface area contributed by atoms with Gasteiger partial charge in [0.05, 0.1) is 47.2 Å². The normalized spacial score (nSPS) is 11.0. The molecule has 0 atom stereocenters. The molecular formula is C25H26ClF3N10O5. The lowest BCUT2D eigenvalue weighted by Gasteiger charge is -2.11. The van der Waals surface area contributed by atoms with Crippen LogP contribution in [0.1, 0.15) is 26.7 Å². The van der Waals surface area contributed by atoms with Crippen LogP contribution >= 0.6 is 11.6 Å². The topological polar surface area (TPSA) is 211 Å². The van der Waals surface area contributed by atoms with Gasteiger partial charge in [0.25, 0.3) is 11.8 Å². The summed E-state index contributed by atoms with van der Waals surface area (Å²) < 4.78 is 47.1. The molecule has 0 spiro atoms. The van der Waals surface area contributed by atoms with E-state index in [4.69, 9.17) is 22.6 Å². The van der Waals surface area contributed by atoms with Crippen molar-refractivity contribution in [2.45, 2.75) is 12.7 Å². The number of rotatable bonds is 13. The highest BCUT2D eigenvalue weighted by Gasteiger charge is 2.38. The van der Waals surface area contributed by atoms with E-state index in [1.807, 2.05) is 0 Å². The number of benzene rings is 1. The molecule has 0 radical (unpaired) electrons. The third kappa shape index (κ3) is 8.92. The molecule has 6 N–H and O–H groups in total. The van der Waals surface area contributed by atoms with Crippen molar-refractivity contribution in [3.8, 4) is 17.3 Å². The average molecular weight is 639 g/mol. The van der Waals surface area contributed by atoms with Crippen LogP contribution in [-0.2, 0) is 29.3 Å². The van der Waals surface area contributed by atoms with Crippen molar-refractivity contribution in [3.05, 3.63) is 52.7 Å². The molecule has 3 rings (SSSR count). The van der Waals surface area contributed by atoms with Crippen LogP contribution in [0.25, 0.3) is 11.3 Å². The van der Waals surface area contributed by atoms with Gasteiger partial charge in [-0.15, -0.1) is 0 Å². The smallest absolute Gasteiger partial charge is 0.435 e. The number of ether oxygens (including phenoxy) is 1. The second-order valence-corrected chi connectivity index (χ2v) is 9.28. The molecule has 4 amide bonds. The summed E-state index contributed by atoms with van der Waals surface area (Å²) in [6.07, 6.45) is -3.62. The minimum Gasteiger partial charge on any atom is -0.448 e. The van der Waals surface area contributed by atoms with Gasteiger partial charge in [0.1, 0.15) is 13.2 Å². The number of carbonyl (C=O) groups is 4. The van der Waals surface area contributed by atoms with Gasteiger partial charge < -0.3 is 36.3 Å². The number of nitrogens with one attached hydrogen (secondary N) is 4. The number of hydrogen-bond donors (Lipinski definition) is 5. The van der Waals surface area contributed by atoms with E-state index >= 15 is 0 Å². The summed E-state index contributed by atoms with van der Waals surface area (Å²) in [4.78, 5) is 51.5. The molecule has 0 saturated heterocycles. The van der Waals surface area contributed by atoms with E-state index in [-0.39, 0.29) is 72.0 Å². The van der Waals surface area contributed by atoms with Crippen LogP contribution in [0.5, 0.6) is 0 Å². The number of primary amides is 1. The SMILES string of the molecule is Cn1c(-c2cn(CC#N)nc2C(F)(F)F)cnc1C(=O)Nc1ccc(C(=O)NCCNCC(=O)NCCOC(N)=O)c(Cl)c1. The molecule has 0 aliphatic rings. The lowest BCUT2D eigenvalue weighted by Crippen LogP contribution is -2.39. The Kier molecular flexibility index (Phi) is 11.2. The van der Waals surface area contributed by atoms with Crippen molar-refractivity contribution in [2.24, 2.45) is 12.8 Å². The summed E-state index contributed by atoms with van der Waals surface area (Å²) in [7, 11) is 1.35. The minimum absolute atomic E-state index is 0.00562. The number of anilines is 1. The first kappa shape index (κ1) is 33.4. The first-order chi connectivity index (χ1) is 20.8. The highest BCUT2D eigenvalue weighted by Crippen LogP contribution is 2.36. The molecule has 0 bridgehead atoms. The molecule has 3 aromatic rings. The number of amides is 4. The molecule has 234 valence electrons. The van der Waals surface area contributed by atoms with Crippen LogP contribution in [0.4, 0.5) is 23.7 Å². The first-order valence-electron chi connectivity index (χ1n) is 12.6. The maximum absolute atomic E-state index is 13.6. The Bertz CT molecular complexity index is 1580. The van der Waals surface area contributed by atoms with Crippen molar-refractivity contribution in [2.75, 3.05) is 38.1 Å². The number of halogens is 4. The molecule has 0 saturated carbocycles. The second kappa shape index (κ2) is 14.8. The van der Waals surface area contributed by atoms with Gasteiger partial charge in [0.2, 0.25) is 5.91 Å². The third-order valence-electron chi connectivity index (χ3n) is 5.74. The van der Waals surface area contributed by atoms with Crippen molar-refractivity contribution in [3.63, 3.8) is 0 Å². The maximum Gasteiger partial charge on any atom is 0.435 e. The van der Waals surface area contributed by atoms with Gasteiger partial charge in [-0.3, -0.25) is 19.1 Å². The Morgan fingerprint density at radius 2 is 1.89 bits per heavy atom. The number of nitriles is 1. The molecule has 0 aliphatic heterocycles. The number of nitrogens with two attached hydrogens (primary N) is 1. The van der Waals surface area contributed by atoms with Gasteiger partial charge in [-0.05, 0) is 18.2 Å². The zero-order valence-corrected chi connectivity index (χ0v) is 23.8. The van der Waals surface area contributed by atoms with Gasteiger partial charge in [-0.25, -0.2) is 9.78 Å². The standard InChI is InChI=1S/C25H26ClF3N10O5/c1-38-18(16-13-39(8-4-30)37-20(16)25(27,28)29)11-35-21(38)23(42)36-14-2-3-15(17(26)10-14)22(41)34-6-5-32-12-19(40)33-7-9-44-24(31)43/h2-3,10-11,13,32H,5-9,12H2,1H3,(H2,31,43)(H,33,40)(H,34,41)(H,36,42). The van der Waals surface area contributed by atoms with E-state index in [1.165, 1.54) is 25.2 Å². The molecular weight excluding hydrogens is 613 g/mol. The monoisotopic (exact) mass is 638 g/mol. The van der Waals surface area contributed by atoms with Crippen molar-refractivity contribution >= 4 is 41.1 Å². The van der Waals surface area contributed by atoms with E-state index in [0.717, 1.165) is 21.6 Å². The van der Waals surface area contributed by atoms with E-state index in [9.17, 15) is 32.3 Å². The van der Waals surface area contributed by atoms with E-state index in [1.54, 1.807) is 6.07 Å². The largest absolute Gasteiger partial charge is 0.448 e. The number of alkyl halides is 3. The van der Waals surface area contributed by atoms with Gasteiger partial charge in [-0.2, -0.15) is 23.5 Å². The maximum atomic E-state index is 13.6. The molecule has 2 aromatic heterocycles. The Morgan fingerprint density at radius 1 is 1.14 bits per heavy atom. The van der Waals surface area contributed by atoms with E-state index < -0.39 is 36.3 Å². The molecule has 1 aromatic carbocycles. The van der Waals surface area contributed by atoms with Crippen molar-refractivity contribution in [1.82, 2.24) is 35.3 Å². The van der Waals surface area contributed by atoms with Crippen molar-refractivity contribution in [1.29, 1.82) is 5.26 Å². The van der Waals surface area contributed by atoms with Crippen LogP contribution in [-0.4, -0.2) is 75.9 Å². The molecule has 19 heteroatoms. The quantitative estimate of drug-likeness (QED) is 0.170. The Balaban J connectivity index is 1.55. The van der Waals surface area contributed by atoms with Gasteiger partial charge in [0, 0.05) is 32.0 Å². The number of aromatic nitrogens is 4. The number of nitrogens with zero attached hydrogens (tertiary/aromatic N) is 5. The van der Waals surface area contributed by atoms with Crippen LogP contribution in [0.2, 0.25) is 5.02 Å². The summed E-state index contributed by atoms with van der Waals surface area (Å²) in [5, 5.41) is 22.7. The summed E-state index contributed by atoms with van der Waals surface area (Å²) in [5.41, 5.74) is 3.46. The number of carbonyl (C=O) groups excluding carboxylic acids is 4.